The predicted molar refractivity (Wildman–Crippen MR) is 420 cm³/mol. The monoisotopic (exact) mass is 1600 g/mol. The largest absolute Gasteiger partial charge is 0.456 e. The number of hydrogen-bond donors (Lipinski definition) is 5. The van der Waals surface area contributed by atoms with Crippen LogP contribution < -0.4 is 0 Å². The number of halogens is 1. The Labute approximate surface area is 670 Å². The van der Waals surface area contributed by atoms with E-state index in [2.05, 4.69) is 13.8 Å². The van der Waals surface area contributed by atoms with Gasteiger partial charge in [-0.2, -0.15) is 0 Å². The quantitative estimate of drug-likeness (QED) is 0.0525. The van der Waals surface area contributed by atoms with Gasteiger partial charge in [-0.05, 0) is 191 Å². The zero-order valence-corrected chi connectivity index (χ0v) is 70.9. The summed E-state index contributed by atoms with van der Waals surface area (Å²) in [5.41, 5.74) is 3.37. The molecule has 636 valence electrons. The number of Topliss-reactive ketones (excluding diaryl/α,β-unsaturated/α-hetero) is 4. The number of piperidine rings is 2. The Balaban J connectivity index is 0.000000311. The molecule has 0 aromatic rings. The van der Waals surface area contributed by atoms with E-state index in [0.29, 0.717) is 101 Å². The van der Waals surface area contributed by atoms with Gasteiger partial charge < -0.3 is 82.7 Å². The molecule has 2 amide bonds. The molecule has 25 nitrogen and oxygen atoms in total. The third kappa shape index (κ3) is 23.4. The fourth-order valence-corrected chi connectivity index (χ4v) is 19.1. The van der Waals surface area contributed by atoms with Crippen molar-refractivity contribution in [2.45, 2.75) is 333 Å². The minimum Gasteiger partial charge on any atom is -0.456 e. The minimum atomic E-state index is -2.50. The SMILES string of the molecule is CC[C@@H]1/C=C(\C)C[C@H](C)C[C@H](OC)[C@H]2O[C@@](O)(C(=O)C(=O)N3CCCC[C@H]3C(=O)O[C@H](/C(C)=C/[C@@H]3CC[C@@H](O)[C@H](OC)C3)[C@H](C)[C@@H](O)CC1=O)[C@H](C)C[C@@H]2OC.CC[C@@H]1/C=C(\C)C[C@H](C)C[C@H](OC)[C@H]2O[C@@](O)(C(=O)C(=O)N3CCCC[C@H]3C(=O)O[C@H](/C(C)=C/[C@@H]3CC[C@H](Cl)[C@H](OC)C3)[C@H](C)[C@@H](O)CC1=O)[C@H](C)C[C@@H]2OC. The molecule has 5 N–H and O–H groups in total. The minimum absolute atomic E-state index is 0.000914. The maximum Gasteiger partial charge on any atom is 0.329 e. The van der Waals surface area contributed by atoms with E-state index in [1.807, 2.05) is 65.8 Å². The van der Waals surface area contributed by atoms with Crippen molar-refractivity contribution >= 4 is 58.5 Å². The second kappa shape index (κ2) is 43.1. The second-order valence-corrected chi connectivity index (χ2v) is 34.8. The van der Waals surface area contributed by atoms with E-state index in [1.165, 1.54) is 38.2 Å². The number of allylic oxidation sites excluding steroid dienone is 6. The zero-order chi connectivity index (χ0) is 83.0. The average molecular weight is 1600 g/mol. The van der Waals surface area contributed by atoms with Crippen LogP contribution in [0, 0.1) is 59.2 Å². The van der Waals surface area contributed by atoms with Crippen LogP contribution in [-0.4, -0.2) is 246 Å². The molecule has 112 heavy (non-hydrogen) atoms. The lowest BCUT2D eigenvalue weighted by Crippen LogP contribution is -2.64. The van der Waals surface area contributed by atoms with E-state index in [1.54, 1.807) is 41.9 Å². The van der Waals surface area contributed by atoms with Crippen LogP contribution in [0.5, 0.6) is 0 Å². The van der Waals surface area contributed by atoms with Crippen molar-refractivity contribution in [1.82, 2.24) is 9.80 Å². The molecule has 2 saturated carbocycles. The van der Waals surface area contributed by atoms with Gasteiger partial charge >= 0.3 is 11.9 Å². The number of cyclic esters (lactones) is 2. The standard InChI is InChI=1S/C43H68ClNO11.C43H69NO12/c1-10-30-18-24(2)17-25(3)19-36(53-8)39-37(54-9)21-27(5)43(51,56-39)40(48)41(49)45-16-12-11-13-32(45)42(50)55-38(28(6)33(46)23-34(30)47)26(4)20-29-14-15-31(44)35(22-29)52-7;1-10-30-18-24(2)17-25(3)19-36(53-8)39-37(54-9)21-27(5)43(51,56-39)40(48)41(49)44-16-12-11-13-31(44)42(50)55-38(28(6)33(46)23-34(30)47)26(4)20-29-14-15-32(45)35(22-29)52-7/h18,20,25,27-33,35-39,46,51H,10-17,19,21-23H2,1-9H3;18,20,25,27-33,35-39,45-46,51H,10-17,19,21-23H2,1-9H3/b2*24-18+,26-20+/t25-,27+,28+,29-,30+,31-,32-,33-,35+,36-,37-,38+,39+,43+;25-,27+,28+,29-,30+,31-,32+,33-,35+,36-,37-,38+,39+,43+/m00/s1. The number of fused-ring (bicyclic) bond motifs is 6. The van der Waals surface area contributed by atoms with Crippen LogP contribution >= 0.6 is 11.6 Å². The number of carbonyl (C=O) groups is 8. The van der Waals surface area contributed by atoms with Crippen molar-refractivity contribution in [2.75, 3.05) is 55.7 Å². The van der Waals surface area contributed by atoms with E-state index in [9.17, 15) is 63.9 Å². The van der Waals surface area contributed by atoms with Gasteiger partial charge in [0.05, 0.1) is 60.3 Å². The van der Waals surface area contributed by atoms with Gasteiger partial charge in [-0.3, -0.25) is 28.8 Å². The Morgan fingerprint density at radius 3 is 1.21 bits per heavy atom. The summed E-state index contributed by atoms with van der Waals surface area (Å²) in [5.74, 6) is -14.8. The number of amides is 2. The third-order valence-electron chi connectivity index (χ3n) is 25.7. The van der Waals surface area contributed by atoms with Crippen molar-refractivity contribution in [3.63, 3.8) is 0 Å². The molecular weight excluding hydrogens is 1460 g/mol. The maximum atomic E-state index is 14.3. The van der Waals surface area contributed by atoms with E-state index >= 15 is 0 Å². The number of nitrogens with zero attached hydrogens (tertiary/aromatic N) is 2. The number of aliphatic hydroxyl groups excluding tert-OH is 3. The lowest BCUT2D eigenvalue weighted by atomic mass is 9.81. The molecule has 26 heteroatoms. The lowest BCUT2D eigenvalue weighted by molar-refractivity contribution is -0.302. The van der Waals surface area contributed by atoms with Crippen LogP contribution in [0.3, 0.4) is 0 Å². The van der Waals surface area contributed by atoms with Crippen LogP contribution in [0.1, 0.15) is 224 Å². The van der Waals surface area contributed by atoms with Gasteiger partial charge in [-0.15, -0.1) is 11.6 Å². The number of methoxy groups -OCH3 is 6. The summed E-state index contributed by atoms with van der Waals surface area (Å²) in [4.78, 5) is 115. The number of hydrogen-bond acceptors (Lipinski definition) is 23. The van der Waals surface area contributed by atoms with Gasteiger partial charge in [0.1, 0.15) is 48.1 Å². The predicted octanol–water partition coefficient (Wildman–Crippen LogP) is 10.2. The van der Waals surface area contributed by atoms with Crippen molar-refractivity contribution in [3.05, 3.63) is 46.6 Å². The molecule has 0 aromatic carbocycles. The van der Waals surface area contributed by atoms with Crippen molar-refractivity contribution in [3.8, 4) is 0 Å². The topological polar surface area (TPSA) is 336 Å². The van der Waals surface area contributed by atoms with Gasteiger partial charge in [-0.25, -0.2) is 9.59 Å². The molecule has 0 radical (unpaired) electrons. The van der Waals surface area contributed by atoms with Crippen molar-refractivity contribution in [1.29, 1.82) is 0 Å². The smallest absolute Gasteiger partial charge is 0.329 e. The normalized spacial score (nSPS) is 41.6. The molecule has 6 aliphatic heterocycles. The van der Waals surface area contributed by atoms with Crippen molar-refractivity contribution in [2.24, 2.45) is 59.2 Å². The van der Waals surface area contributed by atoms with Gasteiger partial charge in [0.15, 0.2) is 0 Å². The summed E-state index contributed by atoms with van der Waals surface area (Å²) >= 11 is 6.52. The van der Waals surface area contributed by atoms with Gasteiger partial charge in [0, 0.05) is 104 Å². The number of rotatable bonds is 12. The second-order valence-electron chi connectivity index (χ2n) is 34.3. The molecule has 0 spiro atoms. The molecule has 0 unspecified atom stereocenters. The summed E-state index contributed by atoms with van der Waals surface area (Å²) in [7, 11) is 9.34. The van der Waals surface area contributed by atoms with Crippen LogP contribution in [-0.2, 0) is 85.7 Å². The Hall–Kier alpha value is -4.71. The molecule has 8 aliphatic rings. The highest BCUT2D eigenvalue weighted by Crippen LogP contribution is 2.43. The molecule has 2 aliphatic carbocycles. The van der Waals surface area contributed by atoms with E-state index in [-0.39, 0.29) is 104 Å². The van der Waals surface area contributed by atoms with E-state index < -0.39 is 162 Å². The number of alkyl halides is 1. The number of esters is 2. The summed E-state index contributed by atoms with van der Waals surface area (Å²) in [6.07, 6.45) is 8.88. The molecular formula is C86H137ClN2O23. The Morgan fingerprint density at radius 1 is 0.482 bits per heavy atom. The summed E-state index contributed by atoms with van der Waals surface area (Å²) in [6.45, 7) is 22.6. The summed E-state index contributed by atoms with van der Waals surface area (Å²) in [6, 6.07) is -2.25. The van der Waals surface area contributed by atoms with E-state index in [0.717, 1.165) is 24.0 Å². The third-order valence-corrected chi connectivity index (χ3v) is 26.2. The van der Waals surface area contributed by atoms with Crippen LogP contribution in [0.25, 0.3) is 0 Å². The highest BCUT2D eigenvalue weighted by atomic mass is 35.5. The van der Waals surface area contributed by atoms with Gasteiger partial charge in [0.25, 0.3) is 23.4 Å². The fourth-order valence-electron chi connectivity index (χ4n) is 18.8. The zero-order valence-electron chi connectivity index (χ0n) is 70.1. The maximum absolute atomic E-state index is 14.3. The first-order valence-electron chi connectivity index (χ1n) is 41.5. The van der Waals surface area contributed by atoms with Gasteiger partial charge in [-0.1, -0.05) is 90.8 Å². The number of ketones is 4. The molecule has 4 saturated heterocycles. The molecule has 6 fully saturated rings. The first kappa shape index (κ1) is 94.4. The fraction of sp³-hybridized carbons (Fsp3) is 0.814. The number of aliphatic hydroxyl groups is 5. The number of ether oxygens (including phenoxy) is 10. The first-order valence-corrected chi connectivity index (χ1v) is 41.9. The Morgan fingerprint density at radius 2 is 0.839 bits per heavy atom. The van der Waals surface area contributed by atoms with Gasteiger partial charge in [0.2, 0.25) is 11.6 Å². The van der Waals surface area contributed by atoms with E-state index in [4.69, 9.17) is 59.0 Å². The number of carbonyl (C=O) groups excluding carboxylic acids is 8. The van der Waals surface area contributed by atoms with Crippen LogP contribution in [0.2, 0.25) is 0 Å². The average Bonchev–Trinajstić information content (AvgIpc) is 0.780. The molecule has 28 atom stereocenters. The van der Waals surface area contributed by atoms with Crippen LogP contribution in [0.15, 0.2) is 46.6 Å². The summed E-state index contributed by atoms with van der Waals surface area (Å²) in [5, 5.41) is 57.6. The highest BCUT2D eigenvalue weighted by molar-refractivity contribution is 6.39. The molecule has 8 rings (SSSR count). The first-order chi connectivity index (χ1) is 53.0. The van der Waals surface area contributed by atoms with Crippen LogP contribution in [0.4, 0.5) is 0 Å². The molecule has 0 aromatic heterocycles. The lowest BCUT2D eigenvalue weighted by Gasteiger charge is -2.47. The van der Waals surface area contributed by atoms with Crippen molar-refractivity contribution < 1.29 is 111 Å². The summed E-state index contributed by atoms with van der Waals surface area (Å²) < 4.78 is 59.6. The molecule has 6 heterocycles. The Kier molecular flexibility index (Phi) is 36.4. The Bertz CT molecular complexity index is 3080. The highest BCUT2D eigenvalue weighted by Gasteiger charge is 2.59. The molecule has 4 bridgehead atoms.